The molecule has 0 fully saturated rings. The highest BCUT2D eigenvalue weighted by Crippen LogP contribution is 2.17. The van der Waals surface area contributed by atoms with E-state index in [9.17, 15) is 9.59 Å². The topological polar surface area (TPSA) is 49.4 Å². The van der Waals surface area contributed by atoms with Gasteiger partial charge in [-0.2, -0.15) is 0 Å². The van der Waals surface area contributed by atoms with Crippen LogP contribution >= 0.6 is 0 Å². The molecule has 28 heavy (non-hydrogen) atoms. The van der Waals surface area contributed by atoms with E-state index in [1.807, 2.05) is 42.5 Å². The molecule has 0 spiro atoms. The summed E-state index contributed by atoms with van der Waals surface area (Å²) in [6.45, 7) is 0. The van der Waals surface area contributed by atoms with E-state index < -0.39 is 0 Å². The van der Waals surface area contributed by atoms with Crippen LogP contribution in [0.1, 0.15) is 31.8 Å². The molecule has 0 atom stereocenters. The summed E-state index contributed by atoms with van der Waals surface area (Å²) in [5.74, 6) is -0.266. The minimum Gasteiger partial charge on any atom is -0.345 e. The summed E-state index contributed by atoms with van der Waals surface area (Å²) in [7, 11) is 3.41. The van der Waals surface area contributed by atoms with Gasteiger partial charge < -0.3 is 10.2 Å². The van der Waals surface area contributed by atoms with Gasteiger partial charge in [0, 0.05) is 30.9 Å². The van der Waals surface area contributed by atoms with Crippen molar-refractivity contribution >= 4 is 17.5 Å². The van der Waals surface area contributed by atoms with E-state index in [2.05, 4.69) is 17.4 Å². The standard InChI is InChI=1S/C24H24N2O2/c1-26(2)24(28)20-12-8-13-21(17-20)25-23(27)22-14-7-6-11-19(22)16-15-18-9-4-3-5-10-18/h3-14,17H,15-16H2,1-2H3,(H,25,27). The predicted octanol–water partition coefficient (Wildman–Crippen LogP) is 4.43. The third-order valence-corrected chi connectivity index (χ3v) is 4.56. The second-order valence-electron chi connectivity index (χ2n) is 6.88. The molecule has 0 unspecified atom stereocenters. The Bertz CT molecular complexity index is 965. The van der Waals surface area contributed by atoms with E-state index in [1.54, 1.807) is 38.4 Å². The maximum atomic E-state index is 12.9. The fourth-order valence-electron chi connectivity index (χ4n) is 3.07. The lowest BCUT2D eigenvalue weighted by Crippen LogP contribution is -2.22. The van der Waals surface area contributed by atoms with Crippen LogP contribution in [0, 0.1) is 0 Å². The van der Waals surface area contributed by atoms with E-state index in [0.717, 1.165) is 18.4 Å². The van der Waals surface area contributed by atoms with Gasteiger partial charge in [-0.05, 0) is 48.2 Å². The molecule has 0 radical (unpaired) electrons. The fourth-order valence-corrected chi connectivity index (χ4v) is 3.07. The Morgan fingerprint density at radius 3 is 2.29 bits per heavy atom. The van der Waals surface area contributed by atoms with E-state index in [-0.39, 0.29) is 11.8 Å². The number of carbonyl (C=O) groups excluding carboxylic acids is 2. The van der Waals surface area contributed by atoms with Crippen LogP contribution in [0.15, 0.2) is 78.9 Å². The molecule has 0 saturated heterocycles. The van der Waals surface area contributed by atoms with Crippen LogP contribution in [-0.4, -0.2) is 30.8 Å². The first-order chi connectivity index (χ1) is 13.5. The molecular formula is C24H24N2O2. The highest BCUT2D eigenvalue weighted by Gasteiger charge is 2.13. The van der Waals surface area contributed by atoms with Crippen molar-refractivity contribution in [2.24, 2.45) is 0 Å². The van der Waals surface area contributed by atoms with Gasteiger partial charge in [0.2, 0.25) is 0 Å². The quantitative estimate of drug-likeness (QED) is 0.696. The minimum atomic E-state index is -0.168. The molecule has 3 aromatic rings. The number of anilines is 1. The van der Waals surface area contributed by atoms with E-state index in [1.165, 1.54) is 10.5 Å². The Hall–Kier alpha value is -3.40. The number of hydrogen-bond acceptors (Lipinski definition) is 2. The van der Waals surface area contributed by atoms with Crippen LogP contribution in [0.5, 0.6) is 0 Å². The number of carbonyl (C=O) groups is 2. The smallest absolute Gasteiger partial charge is 0.255 e. The van der Waals surface area contributed by atoms with Gasteiger partial charge in [0.15, 0.2) is 0 Å². The molecule has 0 aliphatic heterocycles. The summed E-state index contributed by atoms with van der Waals surface area (Å²) in [5, 5.41) is 2.92. The van der Waals surface area contributed by atoms with Gasteiger partial charge >= 0.3 is 0 Å². The Kier molecular flexibility index (Phi) is 6.22. The molecule has 4 heteroatoms. The van der Waals surface area contributed by atoms with Gasteiger partial charge in [0.1, 0.15) is 0 Å². The summed E-state index contributed by atoms with van der Waals surface area (Å²) >= 11 is 0. The zero-order valence-corrected chi connectivity index (χ0v) is 16.2. The lowest BCUT2D eigenvalue weighted by molar-refractivity contribution is 0.0827. The monoisotopic (exact) mass is 372 g/mol. The Morgan fingerprint density at radius 2 is 1.54 bits per heavy atom. The zero-order valence-electron chi connectivity index (χ0n) is 16.2. The van der Waals surface area contributed by atoms with Crippen molar-refractivity contribution in [1.82, 2.24) is 4.90 Å². The lowest BCUT2D eigenvalue weighted by Gasteiger charge is -2.13. The number of nitrogens with one attached hydrogen (secondary N) is 1. The van der Waals surface area contributed by atoms with Crippen molar-refractivity contribution in [3.05, 3.63) is 101 Å². The summed E-state index contributed by atoms with van der Waals surface area (Å²) in [6.07, 6.45) is 1.66. The first-order valence-corrected chi connectivity index (χ1v) is 9.29. The third kappa shape index (κ3) is 4.86. The summed E-state index contributed by atoms with van der Waals surface area (Å²) in [6, 6.07) is 24.9. The lowest BCUT2D eigenvalue weighted by atomic mass is 9.99. The highest BCUT2D eigenvalue weighted by molar-refractivity contribution is 6.06. The summed E-state index contributed by atoms with van der Waals surface area (Å²) in [5.41, 5.74) is 4.05. The molecule has 2 amide bonds. The average molecular weight is 372 g/mol. The average Bonchev–Trinajstić information content (AvgIpc) is 2.72. The molecule has 0 aliphatic carbocycles. The van der Waals surface area contributed by atoms with Crippen molar-refractivity contribution in [2.75, 3.05) is 19.4 Å². The number of aryl methyl sites for hydroxylation is 2. The van der Waals surface area contributed by atoms with Crippen LogP contribution in [0.2, 0.25) is 0 Å². The number of amides is 2. The van der Waals surface area contributed by atoms with Crippen molar-refractivity contribution < 1.29 is 9.59 Å². The molecule has 0 heterocycles. The number of hydrogen-bond donors (Lipinski definition) is 1. The van der Waals surface area contributed by atoms with Crippen LogP contribution in [-0.2, 0) is 12.8 Å². The molecule has 0 bridgehead atoms. The van der Waals surface area contributed by atoms with Gasteiger partial charge in [-0.25, -0.2) is 0 Å². The van der Waals surface area contributed by atoms with Crippen LogP contribution in [0.3, 0.4) is 0 Å². The van der Waals surface area contributed by atoms with Gasteiger partial charge in [-0.1, -0.05) is 54.6 Å². The fraction of sp³-hybridized carbons (Fsp3) is 0.167. The normalized spacial score (nSPS) is 10.4. The highest BCUT2D eigenvalue weighted by atomic mass is 16.2. The molecule has 0 aliphatic rings. The summed E-state index contributed by atoms with van der Waals surface area (Å²) < 4.78 is 0. The van der Waals surface area contributed by atoms with E-state index >= 15 is 0 Å². The Labute approximate surface area is 165 Å². The summed E-state index contributed by atoms with van der Waals surface area (Å²) in [4.78, 5) is 26.5. The molecule has 1 N–H and O–H groups in total. The van der Waals surface area contributed by atoms with Crippen LogP contribution < -0.4 is 5.32 Å². The van der Waals surface area contributed by atoms with Crippen molar-refractivity contribution in [3.63, 3.8) is 0 Å². The van der Waals surface area contributed by atoms with Gasteiger partial charge in [-0.3, -0.25) is 9.59 Å². The SMILES string of the molecule is CN(C)C(=O)c1cccc(NC(=O)c2ccccc2CCc2ccccc2)c1. The predicted molar refractivity (Wildman–Crippen MR) is 113 cm³/mol. The Balaban J connectivity index is 1.74. The second kappa shape index (κ2) is 9.00. The van der Waals surface area contributed by atoms with Gasteiger partial charge in [0.05, 0.1) is 0 Å². The van der Waals surface area contributed by atoms with Gasteiger partial charge in [0.25, 0.3) is 11.8 Å². The van der Waals surface area contributed by atoms with Crippen LogP contribution in [0.25, 0.3) is 0 Å². The Morgan fingerprint density at radius 1 is 0.821 bits per heavy atom. The maximum Gasteiger partial charge on any atom is 0.255 e. The zero-order chi connectivity index (χ0) is 19.9. The number of rotatable bonds is 6. The number of nitrogens with zero attached hydrogens (tertiary/aromatic N) is 1. The molecule has 3 aromatic carbocycles. The first kappa shape index (κ1) is 19.4. The van der Waals surface area contributed by atoms with Crippen molar-refractivity contribution in [1.29, 1.82) is 0 Å². The largest absolute Gasteiger partial charge is 0.345 e. The molecule has 0 saturated carbocycles. The third-order valence-electron chi connectivity index (χ3n) is 4.56. The van der Waals surface area contributed by atoms with Crippen LogP contribution in [0.4, 0.5) is 5.69 Å². The molecular weight excluding hydrogens is 348 g/mol. The minimum absolute atomic E-state index is 0.0978. The molecule has 0 aromatic heterocycles. The molecule has 142 valence electrons. The second-order valence-corrected chi connectivity index (χ2v) is 6.88. The first-order valence-electron chi connectivity index (χ1n) is 9.29. The van der Waals surface area contributed by atoms with E-state index in [4.69, 9.17) is 0 Å². The maximum absolute atomic E-state index is 12.9. The molecule has 3 rings (SSSR count). The van der Waals surface area contributed by atoms with Gasteiger partial charge in [-0.15, -0.1) is 0 Å². The van der Waals surface area contributed by atoms with E-state index in [0.29, 0.717) is 16.8 Å². The van der Waals surface area contributed by atoms with Crippen molar-refractivity contribution in [3.8, 4) is 0 Å². The number of benzene rings is 3. The van der Waals surface area contributed by atoms with Crippen molar-refractivity contribution in [2.45, 2.75) is 12.8 Å². The molecule has 4 nitrogen and oxygen atoms in total.